The molecule has 0 bridgehead atoms. The lowest BCUT2D eigenvalue weighted by atomic mass is 9.89. The number of nitrogens with zero attached hydrogens (tertiary/aromatic N) is 1. The molecule has 2 fully saturated rings. The molecule has 0 spiro atoms. The van der Waals surface area contributed by atoms with Crippen LogP contribution < -0.4 is 16.4 Å². The van der Waals surface area contributed by atoms with Gasteiger partial charge < -0.3 is 26.0 Å². The molecule has 206 valence electrons. The van der Waals surface area contributed by atoms with Crippen LogP contribution in [0.2, 0.25) is 0 Å². The number of hydrogen-bond donors (Lipinski definition) is 4. The number of amides is 3. The summed E-state index contributed by atoms with van der Waals surface area (Å²) in [6, 6.07) is -1.61. The van der Waals surface area contributed by atoms with Gasteiger partial charge in [-0.25, -0.2) is 4.79 Å². The van der Waals surface area contributed by atoms with Crippen LogP contribution in [0.3, 0.4) is 0 Å². The van der Waals surface area contributed by atoms with Crippen LogP contribution in [-0.4, -0.2) is 70.9 Å². The Labute approximate surface area is 220 Å². The first-order valence-corrected chi connectivity index (χ1v) is 14.6. The molecule has 2 aliphatic rings. The summed E-state index contributed by atoms with van der Waals surface area (Å²) < 4.78 is 4.67. The molecule has 0 aromatic rings. The van der Waals surface area contributed by atoms with Crippen LogP contribution in [0.15, 0.2) is 0 Å². The van der Waals surface area contributed by atoms with Crippen molar-refractivity contribution in [1.82, 2.24) is 15.5 Å². The van der Waals surface area contributed by atoms with Crippen LogP contribution >= 0.6 is 11.8 Å². The summed E-state index contributed by atoms with van der Waals surface area (Å²) in [5.41, 5.74) is 5.81. The topological polar surface area (TPSA) is 138 Å². The third-order valence-electron chi connectivity index (χ3n) is 7.23. The third kappa shape index (κ3) is 8.85. The quantitative estimate of drug-likeness (QED) is 0.165. The van der Waals surface area contributed by atoms with Crippen molar-refractivity contribution in [2.45, 2.75) is 102 Å². The molecule has 0 unspecified atom stereocenters. The van der Waals surface area contributed by atoms with E-state index in [1.165, 1.54) is 24.2 Å². The van der Waals surface area contributed by atoms with E-state index in [4.69, 9.17) is 15.9 Å². The molecule has 3 amide bonds. The monoisotopic (exact) mass is 525 g/mol. The summed E-state index contributed by atoms with van der Waals surface area (Å²) in [6.45, 7) is 9.01. The number of thioether (sulfide) groups is 1. The Hall–Kier alpha value is -1.97. The standard InChI is InChI=1S/C26H47N5O4S/c1-5-7-13-35-25(34)30-21(26(3,4)36-14-6-2)24(33)31-17-19(22(27)28)15-20(31)23(32)29-16-18-11-9-8-10-12-18/h18-21H,5-17H2,1-4H3,(H3,27,28)(H,29,32)(H,30,34)/t19-,20+,21+/m1/s1. The van der Waals surface area contributed by atoms with E-state index in [9.17, 15) is 14.4 Å². The van der Waals surface area contributed by atoms with Gasteiger partial charge in [0.2, 0.25) is 11.8 Å². The van der Waals surface area contributed by atoms with Crippen molar-refractivity contribution in [2.24, 2.45) is 17.6 Å². The average molecular weight is 526 g/mol. The largest absolute Gasteiger partial charge is 0.450 e. The molecule has 3 atom stereocenters. The van der Waals surface area contributed by atoms with Crippen LogP contribution in [0.4, 0.5) is 4.79 Å². The van der Waals surface area contributed by atoms with Crippen molar-refractivity contribution in [2.75, 3.05) is 25.4 Å². The second-order valence-electron chi connectivity index (χ2n) is 10.7. The van der Waals surface area contributed by atoms with Crippen LogP contribution in [0.5, 0.6) is 0 Å². The lowest BCUT2D eigenvalue weighted by molar-refractivity contribution is -0.140. The van der Waals surface area contributed by atoms with Gasteiger partial charge >= 0.3 is 6.09 Å². The van der Waals surface area contributed by atoms with Gasteiger partial charge in [-0.15, -0.1) is 0 Å². The third-order valence-corrected chi connectivity index (χ3v) is 8.82. The minimum Gasteiger partial charge on any atom is -0.450 e. The Balaban J connectivity index is 2.20. The summed E-state index contributed by atoms with van der Waals surface area (Å²) >= 11 is 1.60. The molecule has 9 nitrogen and oxygen atoms in total. The molecule has 0 aromatic heterocycles. The minimum atomic E-state index is -0.887. The number of hydrogen-bond acceptors (Lipinski definition) is 6. The number of amidine groups is 1. The Morgan fingerprint density at radius 1 is 1.17 bits per heavy atom. The van der Waals surface area contributed by atoms with E-state index in [0.29, 0.717) is 18.9 Å². The van der Waals surface area contributed by atoms with Gasteiger partial charge in [-0.1, -0.05) is 39.5 Å². The molecule has 1 saturated heterocycles. The van der Waals surface area contributed by atoms with E-state index in [1.54, 1.807) is 11.8 Å². The summed E-state index contributed by atoms with van der Waals surface area (Å²) in [7, 11) is 0. The highest BCUT2D eigenvalue weighted by molar-refractivity contribution is 8.00. The van der Waals surface area contributed by atoms with Crippen LogP contribution in [-0.2, 0) is 14.3 Å². The summed E-state index contributed by atoms with van der Waals surface area (Å²) in [5, 5.41) is 13.8. The van der Waals surface area contributed by atoms with E-state index >= 15 is 0 Å². The van der Waals surface area contributed by atoms with Gasteiger partial charge in [0, 0.05) is 23.8 Å². The number of rotatable bonds is 13. The molecule has 10 heteroatoms. The summed E-state index contributed by atoms with van der Waals surface area (Å²) in [4.78, 5) is 41.3. The van der Waals surface area contributed by atoms with Crippen LogP contribution in [0.25, 0.3) is 0 Å². The first-order valence-electron chi connectivity index (χ1n) is 13.6. The van der Waals surface area contributed by atoms with E-state index in [0.717, 1.165) is 37.9 Å². The van der Waals surface area contributed by atoms with E-state index < -0.39 is 22.9 Å². The second-order valence-corrected chi connectivity index (χ2v) is 12.4. The van der Waals surface area contributed by atoms with Gasteiger partial charge in [-0.2, -0.15) is 11.8 Å². The molecule has 2 rings (SSSR count). The first-order chi connectivity index (χ1) is 17.1. The fourth-order valence-corrected chi connectivity index (χ4v) is 5.98. The fraction of sp³-hybridized carbons (Fsp3) is 0.846. The van der Waals surface area contributed by atoms with E-state index in [1.807, 2.05) is 20.8 Å². The maximum absolute atomic E-state index is 14.0. The number of ether oxygens (including phenoxy) is 1. The van der Waals surface area contributed by atoms with E-state index in [2.05, 4.69) is 17.6 Å². The highest BCUT2D eigenvalue weighted by atomic mass is 32.2. The lowest BCUT2D eigenvalue weighted by Gasteiger charge is -2.37. The molecule has 0 radical (unpaired) electrons. The van der Waals surface area contributed by atoms with Crippen molar-refractivity contribution in [3.63, 3.8) is 0 Å². The normalized spacial score (nSPS) is 21.6. The molecule has 1 aliphatic heterocycles. The van der Waals surface area contributed by atoms with Gasteiger partial charge in [0.15, 0.2) is 0 Å². The molecule has 36 heavy (non-hydrogen) atoms. The number of nitrogens with one attached hydrogen (secondary N) is 3. The highest BCUT2D eigenvalue weighted by Gasteiger charge is 2.47. The van der Waals surface area contributed by atoms with Gasteiger partial charge in [-0.3, -0.25) is 15.0 Å². The molecule has 0 aromatic carbocycles. The zero-order chi connectivity index (χ0) is 26.7. The molecule has 1 saturated carbocycles. The van der Waals surface area contributed by atoms with Crippen LogP contribution in [0.1, 0.15) is 85.5 Å². The number of nitrogens with two attached hydrogens (primary N) is 1. The van der Waals surface area contributed by atoms with E-state index in [-0.39, 0.29) is 36.7 Å². The number of carbonyl (C=O) groups excluding carboxylic acids is 3. The summed E-state index contributed by atoms with van der Waals surface area (Å²) in [5.74, 6) is 0.332. The lowest BCUT2D eigenvalue weighted by Crippen LogP contribution is -2.60. The second kappa shape index (κ2) is 14.7. The van der Waals surface area contributed by atoms with Crippen molar-refractivity contribution in [1.29, 1.82) is 5.41 Å². The maximum Gasteiger partial charge on any atom is 0.407 e. The number of carbonyl (C=O) groups is 3. The van der Waals surface area contributed by atoms with Crippen molar-refractivity contribution in [3.05, 3.63) is 0 Å². The Morgan fingerprint density at radius 3 is 2.47 bits per heavy atom. The Bertz CT molecular complexity index is 757. The van der Waals surface area contributed by atoms with Gasteiger partial charge in [0.05, 0.1) is 12.4 Å². The molecule has 5 N–H and O–H groups in total. The SMILES string of the molecule is CCCCOC(=O)N[C@@H](C(=O)N1C[C@H](C(=N)N)C[C@H]1C(=O)NCC1CCCCC1)C(C)(C)SCCC. The molecular weight excluding hydrogens is 478 g/mol. The van der Waals surface area contributed by atoms with Crippen molar-refractivity contribution >= 4 is 35.5 Å². The predicted molar refractivity (Wildman–Crippen MR) is 145 cm³/mol. The Kier molecular flexibility index (Phi) is 12.3. The molecule has 1 aliphatic carbocycles. The van der Waals surface area contributed by atoms with Crippen molar-refractivity contribution in [3.8, 4) is 0 Å². The van der Waals surface area contributed by atoms with Crippen molar-refractivity contribution < 1.29 is 19.1 Å². The van der Waals surface area contributed by atoms with Gasteiger partial charge in [-0.05, 0) is 57.6 Å². The zero-order valence-corrected chi connectivity index (χ0v) is 23.4. The number of unbranched alkanes of at least 4 members (excludes halogenated alkanes) is 1. The minimum absolute atomic E-state index is 0.0292. The molecule has 1 heterocycles. The fourth-order valence-electron chi connectivity index (χ4n) is 4.92. The number of likely N-dealkylation sites (tertiary alicyclic amines) is 1. The Morgan fingerprint density at radius 2 is 1.86 bits per heavy atom. The predicted octanol–water partition coefficient (Wildman–Crippen LogP) is 3.65. The van der Waals surface area contributed by atoms with Gasteiger partial charge in [0.1, 0.15) is 12.1 Å². The van der Waals surface area contributed by atoms with Gasteiger partial charge in [0.25, 0.3) is 0 Å². The zero-order valence-electron chi connectivity index (χ0n) is 22.6. The number of alkyl carbamates (subject to hydrolysis) is 1. The van der Waals surface area contributed by atoms with Crippen LogP contribution in [0, 0.1) is 17.2 Å². The summed E-state index contributed by atoms with van der Waals surface area (Å²) in [6.07, 6.45) is 8.09. The first kappa shape index (κ1) is 30.3. The smallest absolute Gasteiger partial charge is 0.407 e. The average Bonchev–Trinajstić information content (AvgIpc) is 3.31. The molecular formula is C26H47N5O4S. The highest BCUT2D eigenvalue weighted by Crippen LogP contribution is 2.33. The maximum atomic E-state index is 14.0.